The van der Waals surface area contributed by atoms with Crippen molar-refractivity contribution in [1.29, 1.82) is 0 Å². The minimum atomic E-state index is -0.360. The van der Waals surface area contributed by atoms with Gasteiger partial charge < -0.3 is 10.6 Å². The van der Waals surface area contributed by atoms with Crippen molar-refractivity contribution in [3.8, 4) is 11.1 Å². The third-order valence-electron chi connectivity index (χ3n) is 5.09. The molecule has 2 heterocycles. The zero-order valence-corrected chi connectivity index (χ0v) is 15.4. The van der Waals surface area contributed by atoms with E-state index in [2.05, 4.69) is 9.97 Å². The first kappa shape index (κ1) is 18.1. The summed E-state index contributed by atoms with van der Waals surface area (Å²) in [7, 11) is 0. The molecule has 2 aromatic carbocycles. The van der Waals surface area contributed by atoms with Crippen LogP contribution in [-0.2, 0) is 0 Å². The van der Waals surface area contributed by atoms with E-state index < -0.39 is 0 Å². The van der Waals surface area contributed by atoms with Crippen LogP contribution >= 0.6 is 0 Å². The molecule has 0 aliphatic carbocycles. The molecule has 2 N–H and O–H groups in total. The molecular weight excluding hydrogens is 355 g/mol. The van der Waals surface area contributed by atoms with Gasteiger partial charge in [0.25, 0.3) is 5.91 Å². The van der Waals surface area contributed by atoms with Crippen molar-refractivity contribution in [3.63, 3.8) is 0 Å². The van der Waals surface area contributed by atoms with Crippen LogP contribution in [0.1, 0.15) is 41.4 Å². The van der Waals surface area contributed by atoms with Crippen molar-refractivity contribution in [3.05, 3.63) is 77.9 Å². The fraction of sp³-hybridized carbons (Fsp3) is 0.227. The molecule has 142 valence electrons. The van der Waals surface area contributed by atoms with Gasteiger partial charge >= 0.3 is 0 Å². The van der Waals surface area contributed by atoms with Crippen LogP contribution in [0.4, 0.5) is 10.3 Å². The molecule has 3 aromatic rings. The van der Waals surface area contributed by atoms with Gasteiger partial charge in [-0.05, 0) is 49.1 Å². The number of hydrogen-bond acceptors (Lipinski definition) is 4. The number of amides is 1. The van der Waals surface area contributed by atoms with Crippen molar-refractivity contribution >= 4 is 11.9 Å². The van der Waals surface area contributed by atoms with Crippen LogP contribution in [-0.4, -0.2) is 27.3 Å². The van der Waals surface area contributed by atoms with Gasteiger partial charge in [-0.1, -0.05) is 30.3 Å². The monoisotopic (exact) mass is 376 g/mol. The summed E-state index contributed by atoms with van der Waals surface area (Å²) < 4.78 is 13.3. The number of halogens is 1. The maximum Gasteiger partial charge on any atom is 0.254 e. The molecule has 28 heavy (non-hydrogen) atoms. The smallest absolute Gasteiger partial charge is 0.254 e. The molecule has 0 bridgehead atoms. The third kappa shape index (κ3) is 3.58. The van der Waals surface area contributed by atoms with Crippen LogP contribution in [0.3, 0.4) is 0 Å². The van der Waals surface area contributed by atoms with Crippen molar-refractivity contribution in [2.24, 2.45) is 0 Å². The number of benzene rings is 2. The van der Waals surface area contributed by atoms with Crippen molar-refractivity contribution < 1.29 is 9.18 Å². The van der Waals surface area contributed by atoms with Crippen LogP contribution in [0.25, 0.3) is 11.1 Å². The Labute approximate surface area is 163 Å². The number of likely N-dealkylation sites (tertiary alicyclic amines) is 1. The second-order valence-corrected chi connectivity index (χ2v) is 6.91. The number of nitrogens with zero attached hydrogens (tertiary/aromatic N) is 3. The Hall–Kier alpha value is -3.28. The Morgan fingerprint density at radius 2 is 1.82 bits per heavy atom. The molecule has 0 radical (unpaired) electrons. The SMILES string of the molecule is Nc1ncc(-c2ccccc2)c(C2CCCCN2C(=O)c2ccc(F)cc2)n1. The predicted molar refractivity (Wildman–Crippen MR) is 106 cm³/mol. The molecule has 4 rings (SSSR count). The summed E-state index contributed by atoms with van der Waals surface area (Å²) in [5.41, 5.74) is 8.98. The van der Waals surface area contributed by atoms with E-state index in [9.17, 15) is 9.18 Å². The molecular formula is C22H21FN4O. The first-order chi connectivity index (χ1) is 13.6. The summed E-state index contributed by atoms with van der Waals surface area (Å²) in [5.74, 6) is -0.294. The molecule has 1 unspecified atom stereocenters. The van der Waals surface area contributed by atoms with E-state index in [4.69, 9.17) is 5.73 Å². The van der Waals surface area contributed by atoms with Crippen LogP contribution < -0.4 is 5.73 Å². The highest BCUT2D eigenvalue weighted by molar-refractivity contribution is 5.94. The maximum atomic E-state index is 13.3. The maximum absolute atomic E-state index is 13.3. The lowest BCUT2D eigenvalue weighted by atomic mass is 9.93. The van der Waals surface area contributed by atoms with E-state index >= 15 is 0 Å². The minimum absolute atomic E-state index is 0.124. The lowest BCUT2D eigenvalue weighted by Crippen LogP contribution is -2.39. The second-order valence-electron chi connectivity index (χ2n) is 6.91. The highest BCUT2D eigenvalue weighted by Gasteiger charge is 2.31. The van der Waals surface area contributed by atoms with Crippen LogP contribution in [0, 0.1) is 5.82 Å². The molecule has 6 heteroatoms. The van der Waals surface area contributed by atoms with Gasteiger partial charge in [0.2, 0.25) is 5.95 Å². The van der Waals surface area contributed by atoms with Gasteiger partial charge in [-0.2, -0.15) is 0 Å². The quantitative estimate of drug-likeness (QED) is 0.742. The van der Waals surface area contributed by atoms with Gasteiger partial charge in [-0.15, -0.1) is 0 Å². The lowest BCUT2D eigenvalue weighted by Gasteiger charge is -2.36. The summed E-state index contributed by atoms with van der Waals surface area (Å²) in [5, 5.41) is 0. The molecule has 1 saturated heterocycles. The zero-order valence-electron chi connectivity index (χ0n) is 15.4. The number of piperidine rings is 1. The van der Waals surface area contributed by atoms with Crippen molar-refractivity contribution in [2.75, 3.05) is 12.3 Å². The van der Waals surface area contributed by atoms with E-state index in [0.29, 0.717) is 12.1 Å². The molecule has 1 amide bonds. The average molecular weight is 376 g/mol. The number of nitrogens with two attached hydrogens (primary N) is 1. The summed E-state index contributed by atoms with van der Waals surface area (Å²) >= 11 is 0. The van der Waals surface area contributed by atoms with Gasteiger partial charge in [-0.3, -0.25) is 4.79 Å². The highest BCUT2D eigenvalue weighted by Crippen LogP contribution is 2.36. The number of carbonyl (C=O) groups is 1. The van der Waals surface area contributed by atoms with Crippen LogP contribution in [0.2, 0.25) is 0 Å². The number of nitrogen functional groups attached to an aromatic ring is 1. The fourth-order valence-electron chi connectivity index (χ4n) is 3.72. The number of rotatable bonds is 3. The first-order valence-corrected chi connectivity index (χ1v) is 9.38. The molecule has 1 aromatic heterocycles. The largest absolute Gasteiger partial charge is 0.368 e. The van der Waals surface area contributed by atoms with Crippen molar-refractivity contribution in [2.45, 2.75) is 25.3 Å². The van der Waals surface area contributed by atoms with Gasteiger partial charge in [0.1, 0.15) is 5.82 Å². The zero-order chi connectivity index (χ0) is 19.5. The van der Waals surface area contributed by atoms with Gasteiger partial charge in [-0.25, -0.2) is 14.4 Å². The van der Waals surface area contributed by atoms with E-state index in [1.807, 2.05) is 35.2 Å². The molecule has 1 atom stereocenters. The molecule has 0 spiro atoms. The Morgan fingerprint density at radius 1 is 1.07 bits per heavy atom. The summed E-state index contributed by atoms with van der Waals surface area (Å²) in [6.07, 6.45) is 4.44. The third-order valence-corrected chi connectivity index (χ3v) is 5.09. The Kier molecular flexibility index (Phi) is 5.02. The highest BCUT2D eigenvalue weighted by atomic mass is 19.1. The van der Waals surface area contributed by atoms with Gasteiger partial charge in [0.15, 0.2) is 0 Å². The van der Waals surface area contributed by atoms with Gasteiger partial charge in [0, 0.05) is 23.9 Å². The summed E-state index contributed by atoms with van der Waals surface area (Å²) in [6.45, 7) is 0.624. The molecule has 1 aliphatic rings. The Morgan fingerprint density at radius 3 is 2.57 bits per heavy atom. The number of anilines is 1. The molecule has 5 nitrogen and oxygen atoms in total. The van der Waals surface area contributed by atoms with Crippen LogP contribution in [0.5, 0.6) is 0 Å². The van der Waals surface area contributed by atoms with E-state index in [1.165, 1.54) is 24.3 Å². The minimum Gasteiger partial charge on any atom is -0.368 e. The Bertz CT molecular complexity index is 976. The topological polar surface area (TPSA) is 72.1 Å². The average Bonchev–Trinajstić information content (AvgIpc) is 2.74. The summed E-state index contributed by atoms with van der Waals surface area (Å²) in [6, 6.07) is 15.3. The number of carbonyl (C=O) groups excluding carboxylic acids is 1. The number of aromatic nitrogens is 2. The second kappa shape index (κ2) is 7.76. The normalized spacial score (nSPS) is 16.8. The number of hydrogen-bond donors (Lipinski definition) is 1. The van der Waals surface area contributed by atoms with Crippen molar-refractivity contribution in [1.82, 2.24) is 14.9 Å². The first-order valence-electron chi connectivity index (χ1n) is 9.38. The summed E-state index contributed by atoms with van der Waals surface area (Å²) in [4.78, 5) is 23.7. The predicted octanol–water partition coefficient (Wildman–Crippen LogP) is 4.23. The molecule has 1 aliphatic heterocycles. The van der Waals surface area contributed by atoms with E-state index in [0.717, 1.165) is 36.1 Å². The standard InChI is InChI=1S/C22H21FN4O/c23-17-11-9-16(10-12-17)21(28)27-13-5-4-8-19(27)20-18(14-25-22(24)26-20)15-6-2-1-3-7-15/h1-3,6-7,9-12,14,19H,4-5,8,13H2,(H2,24,25,26). The fourth-order valence-corrected chi connectivity index (χ4v) is 3.72. The van der Waals surface area contributed by atoms with Crippen LogP contribution in [0.15, 0.2) is 60.8 Å². The lowest BCUT2D eigenvalue weighted by molar-refractivity contribution is 0.0607. The molecule has 1 fully saturated rings. The van der Waals surface area contributed by atoms with Gasteiger partial charge in [0.05, 0.1) is 11.7 Å². The van der Waals surface area contributed by atoms with E-state index in [1.54, 1.807) is 6.20 Å². The Balaban J connectivity index is 1.75. The molecule has 0 saturated carbocycles. The van der Waals surface area contributed by atoms with E-state index in [-0.39, 0.29) is 23.7 Å².